The number of anilines is 1. The zero-order valence-corrected chi connectivity index (χ0v) is 18.0. The van der Waals surface area contributed by atoms with Gasteiger partial charge in [0.05, 0.1) is 11.2 Å². The second-order valence-corrected chi connectivity index (χ2v) is 8.63. The molecule has 2 N–H and O–H groups in total. The summed E-state index contributed by atoms with van der Waals surface area (Å²) in [7, 11) is 0. The minimum absolute atomic E-state index is 0.413. The molecule has 0 radical (unpaired) electrons. The van der Waals surface area contributed by atoms with E-state index >= 15 is 0 Å². The van der Waals surface area contributed by atoms with E-state index in [9.17, 15) is 0 Å². The number of benzene rings is 2. The molecule has 0 saturated heterocycles. The Hall–Kier alpha value is -3.80. The number of hydrogen-bond donors (Lipinski definition) is 1. The third-order valence-electron chi connectivity index (χ3n) is 6.57. The van der Waals surface area contributed by atoms with Crippen LogP contribution in [0, 0.1) is 6.92 Å². The number of pyridine rings is 1. The van der Waals surface area contributed by atoms with Gasteiger partial charge in [0.2, 0.25) is 0 Å². The number of nitrogen functional groups attached to an aromatic ring is 1. The molecule has 0 aliphatic heterocycles. The molecule has 3 heterocycles. The fourth-order valence-corrected chi connectivity index (χ4v) is 4.93. The SMILES string of the molecule is Cc1cc(-c2ccccc2)nc2cc(-c3nc(C4CCCC4)n4ncnc(N)c34)ccc12. The molecule has 6 heteroatoms. The van der Waals surface area contributed by atoms with Crippen LogP contribution in [-0.4, -0.2) is 24.6 Å². The topological polar surface area (TPSA) is 82.0 Å². The third kappa shape index (κ3) is 3.02. The van der Waals surface area contributed by atoms with Crippen molar-refractivity contribution in [3.05, 3.63) is 72.3 Å². The number of rotatable bonds is 3. The lowest BCUT2D eigenvalue weighted by atomic mass is 10.0. The second kappa shape index (κ2) is 7.41. The summed E-state index contributed by atoms with van der Waals surface area (Å²) in [5.41, 5.74) is 13.1. The van der Waals surface area contributed by atoms with Gasteiger partial charge in [-0.15, -0.1) is 0 Å². The number of fused-ring (bicyclic) bond motifs is 2. The van der Waals surface area contributed by atoms with E-state index < -0.39 is 0 Å². The van der Waals surface area contributed by atoms with Crippen LogP contribution in [0.5, 0.6) is 0 Å². The average Bonchev–Trinajstić information content (AvgIpc) is 3.48. The van der Waals surface area contributed by atoms with Crippen LogP contribution >= 0.6 is 0 Å². The lowest BCUT2D eigenvalue weighted by Gasteiger charge is -2.08. The van der Waals surface area contributed by atoms with Crippen LogP contribution in [0.3, 0.4) is 0 Å². The smallest absolute Gasteiger partial charge is 0.153 e. The average molecular weight is 421 g/mol. The van der Waals surface area contributed by atoms with E-state index in [0.29, 0.717) is 11.7 Å². The Morgan fingerprint density at radius 1 is 0.938 bits per heavy atom. The Morgan fingerprint density at radius 3 is 2.56 bits per heavy atom. The molecule has 1 fully saturated rings. The zero-order chi connectivity index (χ0) is 21.7. The maximum absolute atomic E-state index is 6.32. The number of aromatic nitrogens is 5. The summed E-state index contributed by atoms with van der Waals surface area (Å²) >= 11 is 0. The summed E-state index contributed by atoms with van der Waals surface area (Å²) in [5.74, 6) is 1.86. The van der Waals surface area contributed by atoms with Crippen LogP contribution in [0.15, 0.2) is 60.9 Å². The summed E-state index contributed by atoms with van der Waals surface area (Å²) in [6, 6.07) is 18.8. The molecule has 3 aromatic heterocycles. The van der Waals surface area contributed by atoms with Crippen molar-refractivity contribution in [1.82, 2.24) is 24.6 Å². The molecular formula is C26H24N6. The highest BCUT2D eigenvalue weighted by Gasteiger charge is 2.26. The molecular weight excluding hydrogens is 396 g/mol. The summed E-state index contributed by atoms with van der Waals surface area (Å²) in [5, 5.41) is 5.65. The van der Waals surface area contributed by atoms with Gasteiger partial charge in [-0.1, -0.05) is 55.3 Å². The maximum Gasteiger partial charge on any atom is 0.153 e. The van der Waals surface area contributed by atoms with Crippen LogP contribution in [0.1, 0.15) is 43.0 Å². The number of hydrogen-bond acceptors (Lipinski definition) is 5. The Morgan fingerprint density at radius 2 is 1.75 bits per heavy atom. The molecule has 2 aromatic carbocycles. The lowest BCUT2D eigenvalue weighted by Crippen LogP contribution is -2.05. The maximum atomic E-state index is 6.32. The highest BCUT2D eigenvalue weighted by atomic mass is 15.3. The zero-order valence-electron chi connectivity index (χ0n) is 18.0. The van der Waals surface area contributed by atoms with E-state index in [1.807, 2.05) is 22.7 Å². The van der Waals surface area contributed by atoms with Crippen molar-refractivity contribution in [2.75, 3.05) is 5.73 Å². The minimum Gasteiger partial charge on any atom is -0.382 e. The van der Waals surface area contributed by atoms with E-state index in [1.165, 1.54) is 24.7 Å². The molecule has 6 rings (SSSR count). The number of aryl methyl sites for hydroxylation is 1. The van der Waals surface area contributed by atoms with Crippen molar-refractivity contribution in [1.29, 1.82) is 0 Å². The summed E-state index contributed by atoms with van der Waals surface area (Å²) in [4.78, 5) is 14.3. The molecule has 158 valence electrons. The number of imidazole rings is 1. The Labute approximate surface area is 186 Å². The number of nitrogens with zero attached hydrogens (tertiary/aromatic N) is 5. The van der Waals surface area contributed by atoms with Gasteiger partial charge in [-0.05, 0) is 37.5 Å². The number of nitrogens with two attached hydrogens (primary N) is 1. The Balaban J connectivity index is 1.55. The standard InChI is InChI=1S/C26H24N6/c1-16-13-21(17-7-3-2-4-8-17)30-22-14-19(11-12-20(16)22)23-24-25(27)28-15-29-32(24)26(31-23)18-9-5-6-10-18/h2-4,7-8,11-15,18H,5-6,9-10H2,1H3,(H2,27,28,29). The van der Waals surface area contributed by atoms with Crippen LogP contribution in [0.25, 0.3) is 38.9 Å². The van der Waals surface area contributed by atoms with Gasteiger partial charge in [-0.2, -0.15) is 5.10 Å². The van der Waals surface area contributed by atoms with Gasteiger partial charge in [0, 0.05) is 22.4 Å². The first-order chi connectivity index (χ1) is 15.7. The molecule has 0 unspecified atom stereocenters. The van der Waals surface area contributed by atoms with Gasteiger partial charge in [-0.3, -0.25) is 0 Å². The normalized spacial score (nSPS) is 14.5. The van der Waals surface area contributed by atoms with Gasteiger partial charge < -0.3 is 5.73 Å². The first-order valence-electron chi connectivity index (χ1n) is 11.2. The molecule has 32 heavy (non-hydrogen) atoms. The third-order valence-corrected chi connectivity index (χ3v) is 6.57. The molecule has 6 nitrogen and oxygen atoms in total. The molecule has 1 aliphatic carbocycles. The fourth-order valence-electron chi connectivity index (χ4n) is 4.93. The van der Waals surface area contributed by atoms with Gasteiger partial charge in [-0.25, -0.2) is 19.5 Å². The largest absolute Gasteiger partial charge is 0.382 e. The second-order valence-electron chi connectivity index (χ2n) is 8.63. The minimum atomic E-state index is 0.413. The van der Waals surface area contributed by atoms with Crippen molar-refractivity contribution < 1.29 is 0 Å². The monoisotopic (exact) mass is 420 g/mol. The molecule has 1 saturated carbocycles. The Kier molecular flexibility index (Phi) is 4.38. The molecule has 0 bridgehead atoms. The molecule has 1 aliphatic rings. The van der Waals surface area contributed by atoms with Gasteiger partial charge >= 0.3 is 0 Å². The van der Waals surface area contributed by atoms with E-state index in [4.69, 9.17) is 15.7 Å². The first kappa shape index (κ1) is 18.9. The highest BCUT2D eigenvalue weighted by molar-refractivity contribution is 5.92. The summed E-state index contributed by atoms with van der Waals surface area (Å²) in [6.45, 7) is 2.13. The van der Waals surface area contributed by atoms with Crippen LogP contribution in [0.2, 0.25) is 0 Å². The Bertz CT molecular complexity index is 1450. The van der Waals surface area contributed by atoms with Gasteiger partial charge in [0.25, 0.3) is 0 Å². The van der Waals surface area contributed by atoms with Crippen LogP contribution in [0.4, 0.5) is 5.82 Å². The molecule has 0 atom stereocenters. The fraction of sp³-hybridized carbons (Fsp3) is 0.231. The first-order valence-corrected chi connectivity index (χ1v) is 11.2. The van der Waals surface area contributed by atoms with E-state index in [1.54, 1.807) is 0 Å². The van der Waals surface area contributed by atoms with Crippen molar-refractivity contribution in [3.63, 3.8) is 0 Å². The van der Waals surface area contributed by atoms with Gasteiger partial charge in [0.15, 0.2) is 5.82 Å². The predicted octanol–water partition coefficient (Wildman–Crippen LogP) is 5.55. The van der Waals surface area contributed by atoms with Crippen molar-refractivity contribution in [2.45, 2.75) is 38.5 Å². The molecule has 5 aromatic rings. The summed E-state index contributed by atoms with van der Waals surface area (Å²) in [6.07, 6.45) is 6.26. The van der Waals surface area contributed by atoms with Crippen molar-refractivity contribution >= 4 is 22.2 Å². The lowest BCUT2D eigenvalue weighted by molar-refractivity contribution is 0.641. The molecule has 0 amide bonds. The highest BCUT2D eigenvalue weighted by Crippen LogP contribution is 2.38. The van der Waals surface area contributed by atoms with Crippen LogP contribution < -0.4 is 5.73 Å². The van der Waals surface area contributed by atoms with Gasteiger partial charge in [0.1, 0.15) is 23.4 Å². The van der Waals surface area contributed by atoms with E-state index in [0.717, 1.165) is 57.6 Å². The summed E-state index contributed by atoms with van der Waals surface area (Å²) < 4.78 is 1.90. The predicted molar refractivity (Wildman–Crippen MR) is 127 cm³/mol. The van der Waals surface area contributed by atoms with Crippen LogP contribution in [-0.2, 0) is 0 Å². The quantitative estimate of drug-likeness (QED) is 0.413. The van der Waals surface area contributed by atoms with E-state index in [-0.39, 0.29) is 0 Å². The van der Waals surface area contributed by atoms with Crippen molar-refractivity contribution in [3.8, 4) is 22.5 Å². The molecule has 0 spiro atoms. The van der Waals surface area contributed by atoms with Crippen molar-refractivity contribution in [2.24, 2.45) is 0 Å². The van der Waals surface area contributed by atoms with E-state index in [2.05, 4.69) is 53.4 Å².